The predicted molar refractivity (Wildman–Crippen MR) is 81.2 cm³/mol. The summed E-state index contributed by atoms with van der Waals surface area (Å²) < 4.78 is 0. The third-order valence-electron chi connectivity index (χ3n) is 4.57. The van der Waals surface area contributed by atoms with E-state index in [1.807, 2.05) is 22.8 Å². The van der Waals surface area contributed by atoms with Crippen molar-refractivity contribution in [3.8, 4) is 0 Å². The fraction of sp³-hybridized carbons (Fsp3) is 0.529. The van der Waals surface area contributed by atoms with Crippen LogP contribution in [0.15, 0.2) is 18.2 Å². The Bertz CT molecular complexity index is 560. The van der Waals surface area contributed by atoms with Gasteiger partial charge in [0.05, 0.1) is 0 Å². The molecule has 4 nitrogen and oxygen atoms in total. The van der Waals surface area contributed by atoms with Crippen LogP contribution in [0.5, 0.6) is 0 Å². The minimum atomic E-state index is 0.105. The molecule has 1 fully saturated rings. The molecule has 1 aromatic carbocycles. The Kier molecular flexibility index (Phi) is 3.95. The van der Waals surface area contributed by atoms with Crippen LogP contribution in [0.4, 0.5) is 0 Å². The van der Waals surface area contributed by atoms with E-state index in [2.05, 4.69) is 12.1 Å². The van der Waals surface area contributed by atoms with Crippen molar-refractivity contribution in [3.63, 3.8) is 0 Å². The average Bonchev–Trinajstić information content (AvgIpc) is 3.01. The molecule has 0 radical (unpaired) electrons. The molecule has 0 N–H and O–H groups in total. The van der Waals surface area contributed by atoms with Gasteiger partial charge in [-0.1, -0.05) is 13.0 Å². The van der Waals surface area contributed by atoms with E-state index in [4.69, 9.17) is 0 Å². The molecule has 2 aliphatic rings. The van der Waals surface area contributed by atoms with Gasteiger partial charge in [-0.15, -0.1) is 0 Å². The van der Waals surface area contributed by atoms with E-state index in [-0.39, 0.29) is 11.8 Å². The topological polar surface area (TPSA) is 40.6 Å². The van der Waals surface area contributed by atoms with Gasteiger partial charge in [-0.05, 0) is 42.5 Å². The van der Waals surface area contributed by atoms with Crippen LogP contribution in [-0.2, 0) is 17.6 Å². The summed E-state index contributed by atoms with van der Waals surface area (Å²) >= 11 is 0. The number of hydrogen-bond donors (Lipinski definition) is 0. The summed E-state index contributed by atoms with van der Waals surface area (Å²) in [4.78, 5) is 28.0. The number of benzene rings is 1. The summed E-state index contributed by atoms with van der Waals surface area (Å²) in [6.45, 7) is 4.47. The molecule has 1 aliphatic heterocycles. The molecule has 1 heterocycles. The van der Waals surface area contributed by atoms with Gasteiger partial charge in [0.25, 0.3) is 5.91 Å². The zero-order chi connectivity index (χ0) is 14.8. The number of carbonyl (C=O) groups excluding carboxylic acids is 2. The van der Waals surface area contributed by atoms with Crippen molar-refractivity contribution in [1.82, 2.24) is 9.80 Å². The molecule has 0 atom stereocenters. The van der Waals surface area contributed by atoms with Crippen molar-refractivity contribution in [2.75, 3.05) is 26.2 Å². The van der Waals surface area contributed by atoms with Crippen LogP contribution in [0.3, 0.4) is 0 Å². The van der Waals surface area contributed by atoms with E-state index >= 15 is 0 Å². The average molecular weight is 286 g/mol. The highest BCUT2D eigenvalue weighted by molar-refractivity contribution is 5.94. The highest BCUT2D eigenvalue weighted by Crippen LogP contribution is 2.23. The Morgan fingerprint density at radius 1 is 1.00 bits per heavy atom. The maximum atomic E-state index is 12.6. The van der Waals surface area contributed by atoms with Crippen LogP contribution in [0.25, 0.3) is 0 Å². The van der Waals surface area contributed by atoms with Gasteiger partial charge in [0.1, 0.15) is 0 Å². The largest absolute Gasteiger partial charge is 0.339 e. The van der Waals surface area contributed by atoms with Gasteiger partial charge in [-0.3, -0.25) is 9.59 Å². The molecule has 0 spiro atoms. The van der Waals surface area contributed by atoms with E-state index in [1.165, 1.54) is 17.5 Å². The number of rotatable bonds is 2. The molecule has 1 aromatic rings. The minimum Gasteiger partial charge on any atom is -0.339 e. The van der Waals surface area contributed by atoms with Crippen LogP contribution >= 0.6 is 0 Å². The maximum Gasteiger partial charge on any atom is 0.253 e. The highest BCUT2D eigenvalue weighted by Gasteiger charge is 2.24. The number of amides is 2. The van der Waals surface area contributed by atoms with E-state index in [1.54, 1.807) is 0 Å². The molecule has 1 aliphatic carbocycles. The number of piperazine rings is 1. The van der Waals surface area contributed by atoms with E-state index in [0.29, 0.717) is 32.6 Å². The van der Waals surface area contributed by atoms with E-state index < -0.39 is 0 Å². The second-order valence-electron chi connectivity index (χ2n) is 5.86. The Hall–Kier alpha value is -1.84. The summed E-state index contributed by atoms with van der Waals surface area (Å²) in [5.41, 5.74) is 3.52. The molecule has 0 saturated carbocycles. The fourth-order valence-electron chi connectivity index (χ4n) is 3.27. The monoisotopic (exact) mass is 286 g/mol. The standard InChI is InChI=1S/C17H22N2O2/c1-2-16(20)18-8-10-19(11-9-18)17(21)15-7-6-13-4-3-5-14(13)12-15/h6-7,12H,2-5,8-11H2,1H3. The Morgan fingerprint density at radius 3 is 2.38 bits per heavy atom. The van der Waals surface area contributed by atoms with Crippen LogP contribution in [0.1, 0.15) is 41.3 Å². The first-order chi connectivity index (χ1) is 10.2. The quantitative estimate of drug-likeness (QED) is 0.833. The van der Waals surface area contributed by atoms with Crippen molar-refractivity contribution in [1.29, 1.82) is 0 Å². The maximum absolute atomic E-state index is 12.6. The van der Waals surface area contributed by atoms with Crippen molar-refractivity contribution in [2.24, 2.45) is 0 Å². The van der Waals surface area contributed by atoms with Gasteiger partial charge >= 0.3 is 0 Å². The number of aryl methyl sites for hydroxylation is 2. The second kappa shape index (κ2) is 5.88. The third-order valence-corrected chi connectivity index (χ3v) is 4.57. The first-order valence-electron chi connectivity index (χ1n) is 7.88. The van der Waals surface area contributed by atoms with Gasteiger partial charge in [0, 0.05) is 38.2 Å². The predicted octanol–water partition coefficient (Wildman–Crippen LogP) is 1.87. The summed E-state index contributed by atoms with van der Waals surface area (Å²) in [7, 11) is 0. The lowest BCUT2D eigenvalue weighted by Crippen LogP contribution is -2.50. The normalized spacial score (nSPS) is 17.8. The lowest BCUT2D eigenvalue weighted by atomic mass is 10.1. The van der Waals surface area contributed by atoms with Crippen molar-refractivity contribution in [3.05, 3.63) is 34.9 Å². The molecule has 2 amide bonds. The molecule has 0 bridgehead atoms. The van der Waals surface area contributed by atoms with Gasteiger partial charge in [0.2, 0.25) is 5.91 Å². The molecule has 0 unspecified atom stereocenters. The first-order valence-corrected chi connectivity index (χ1v) is 7.88. The molecular formula is C17H22N2O2. The minimum absolute atomic E-state index is 0.105. The molecule has 21 heavy (non-hydrogen) atoms. The number of carbonyl (C=O) groups is 2. The van der Waals surface area contributed by atoms with Crippen molar-refractivity contribution in [2.45, 2.75) is 32.6 Å². The number of fused-ring (bicyclic) bond motifs is 1. The summed E-state index contributed by atoms with van der Waals surface area (Å²) in [5.74, 6) is 0.285. The number of nitrogens with zero attached hydrogens (tertiary/aromatic N) is 2. The van der Waals surface area contributed by atoms with Crippen molar-refractivity contribution >= 4 is 11.8 Å². The highest BCUT2D eigenvalue weighted by atomic mass is 16.2. The van der Waals surface area contributed by atoms with Crippen LogP contribution in [0.2, 0.25) is 0 Å². The Morgan fingerprint density at radius 2 is 1.67 bits per heavy atom. The summed E-state index contributed by atoms with van der Waals surface area (Å²) in [5, 5.41) is 0. The summed E-state index contributed by atoms with van der Waals surface area (Å²) in [6, 6.07) is 6.12. The lowest BCUT2D eigenvalue weighted by Gasteiger charge is -2.34. The van der Waals surface area contributed by atoms with Crippen LogP contribution in [0, 0.1) is 0 Å². The lowest BCUT2D eigenvalue weighted by molar-refractivity contribution is -0.132. The van der Waals surface area contributed by atoms with Gasteiger partial charge in [0.15, 0.2) is 0 Å². The molecular weight excluding hydrogens is 264 g/mol. The van der Waals surface area contributed by atoms with Gasteiger partial charge in [-0.25, -0.2) is 0 Å². The second-order valence-corrected chi connectivity index (χ2v) is 5.86. The fourth-order valence-corrected chi connectivity index (χ4v) is 3.27. The Balaban J connectivity index is 1.65. The van der Waals surface area contributed by atoms with Crippen LogP contribution in [-0.4, -0.2) is 47.8 Å². The zero-order valence-electron chi connectivity index (χ0n) is 12.6. The first kappa shape index (κ1) is 14.1. The number of hydrogen-bond acceptors (Lipinski definition) is 2. The molecule has 1 saturated heterocycles. The zero-order valence-corrected chi connectivity index (χ0v) is 12.6. The molecule has 3 rings (SSSR count). The van der Waals surface area contributed by atoms with E-state index in [0.717, 1.165) is 18.4 Å². The Labute approximate surface area is 125 Å². The van der Waals surface area contributed by atoms with Gasteiger partial charge in [-0.2, -0.15) is 0 Å². The third kappa shape index (κ3) is 2.80. The van der Waals surface area contributed by atoms with Gasteiger partial charge < -0.3 is 9.80 Å². The van der Waals surface area contributed by atoms with Crippen molar-refractivity contribution < 1.29 is 9.59 Å². The SMILES string of the molecule is CCC(=O)N1CCN(C(=O)c2ccc3c(c2)CCC3)CC1. The van der Waals surface area contributed by atoms with E-state index in [9.17, 15) is 9.59 Å². The molecule has 112 valence electrons. The van der Waals surface area contributed by atoms with Crippen LogP contribution < -0.4 is 0 Å². The molecule has 4 heteroatoms. The smallest absolute Gasteiger partial charge is 0.253 e. The molecule has 0 aromatic heterocycles. The summed E-state index contributed by atoms with van der Waals surface area (Å²) in [6.07, 6.45) is 3.97.